The minimum absolute atomic E-state index is 0.842. The van der Waals surface area contributed by atoms with Crippen molar-refractivity contribution in [3.63, 3.8) is 0 Å². The summed E-state index contributed by atoms with van der Waals surface area (Å²) in [5, 5.41) is 5.33. The van der Waals surface area contributed by atoms with E-state index in [1.165, 1.54) is 0 Å². The number of aromatic nitrogens is 1. The van der Waals surface area contributed by atoms with Crippen LogP contribution in [0.5, 0.6) is 0 Å². The summed E-state index contributed by atoms with van der Waals surface area (Å²) in [4.78, 5) is 7.38. The predicted octanol–water partition coefficient (Wildman–Crippen LogP) is 11.2. The van der Waals surface area contributed by atoms with Crippen LogP contribution in [0.4, 0.5) is 17.1 Å². The Bertz CT molecular complexity index is 2420. The van der Waals surface area contributed by atoms with Gasteiger partial charge in [0.25, 0.3) is 0 Å². The van der Waals surface area contributed by atoms with E-state index in [1.54, 1.807) is 11.3 Å². The first-order chi connectivity index (χ1) is 20.8. The van der Waals surface area contributed by atoms with Crippen molar-refractivity contribution in [2.45, 2.75) is 0 Å². The molecule has 3 aromatic heterocycles. The summed E-state index contributed by atoms with van der Waals surface area (Å²) in [5.41, 5.74) is 8.65. The van der Waals surface area contributed by atoms with E-state index in [4.69, 9.17) is 13.8 Å². The number of anilines is 3. The predicted molar refractivity (Wildman–Crippen MR) is 174 cm³/mol. The summed E-state index contributed by atoms with van der Waals surface area (Å²) in [6.45, 7) is 0. The maximum atomic E-state index is 6.34. The average molecular weight is 559 g/mol. The molecule has 0 N–H and O–H groups in total. The van der Waals surface area contributed by atoms with Crippen LogP contribution in [0, 0.1) is 0 Å². The van der Waals surface area contributed by atoms with Gasteiger partial charge in [-0.2, -0.15) is 0 Å². The minimum atomic E-state index is 0.842. The van der Waals surface area contributed by atoms with E-state index in [9.17, 15) is 0 Å². The van der Waals surface area contributed by atoms with E-state index >= 15 is 0 Å². The van der Waals surface area contributed by atoms with E-state index in [-0.39, 0.29) is 0 Å². The summed E-state index contributed by atoms with van der Waals surface area (Å²) in [6, 6.07) is 46.0. The number of furan rings is 2. The van der Waals surface area contributed by atoms with E-state index < -0.39 is 0 Å². The molecule has 0 radical (unpaired) electrons. The molecule has 3 heterocycles. The van der Waals surface area contributed by atoms with Gasteiger partial charge in [0.2, 0.25) is 0 Å². The second-order valence-electron chi connectivity index (χ2n) is 10.4. The van der Waals surface area contributed by atoms with Gasteiger partial charge in [-0.3, -0.25) is 0 Å². The van der Waals surface area contributed by atoms with Crippen molar-refractivity contribution in [2.75, 3.05) is 4.90 Å². The van der Waals surface area contributed by atoms with Crippen LogP contribution in [0.3, 0.4) is 0 Å². The van der Waals surface area contributed by atoms with Gasteiger partial charge < -0.3 is 13.7 Å². The molecule has 42 heavy (non-hydrogen) atoms. The fourth-order valence-corrected chi connectivity index (χ4v) is 6.94. The molecule has 6 aromatic carbocycles. The first kappa shape index (κ1) is 23.3. The van der Waals surface area contributed by atoms with Gasteiger partial charge in [0.05, 0.1) is 15.6 Å². The Morgan fingerprint density at radius 2 is 1.17 bits per heavy atom. The van der Waals surface area contributed by atoms with Crippen LogP contribution in [0.25, 0.3) is 64.7 Å². The zero-order chi connectivity index (χ0) is 27.6. The quantitative estimate of drug-likeness (QED) is 0.215. The molecule has 4 nitrogen and oxygen atoms in total. The highest BCUT2D eigenvalue weighted by molar-refractivity contribution is 7.21. The molecule has 5 heteroatoms. The third kappa shape index (κ3) is 3.57. The lowest BCUT2D eigenvalue weighted by molar-refractivity contribution is 0.668. The first-order valence-corrected chi connectivity index (χ1v) is 14.7. The van der Waals surface area contributed by atoms with Gasteiger partial charge >= 0.3 is 0 Å². The fourth-order valence-electron chi connectivity index (χ4n) is 5.96. The molecule has 0 bridgehead atoms. The van der Waals surface area contributed by atoms with Gasteiger partial charge in [0.1, 0.15) is 27.3 Å². The van der Waals surface area contributed by atoms with Crippen LogP contribution in [-0.2, 0) is 0 Å². The van der Waals surface area contributed by atoms with Crippen LogP contribution >= 0.6 is 11.3 Å². The van der Waals surface area contributed by atoms with Gasteiger partial charge in [0.15, 0.2) is 0 Å². The molecule has 198 valence electrons. The summed E-state index contributed by atoms with van der Waals surface area (Å²) >= 11 is 1.71. The van der Waals surface area contributed by atoms with E-state index in [2.05, 4.69) is 108 Å². The molecule has 0 aliphatic carbocycles. The van der Waals surface area contributed by atoms with Crippen LogP contribution in [-0.4, -0.2) is 4.98 Å². The van der Waals surface area contributed by atoms with Gasteiger partial charge in [-0.05, 0) is 60.7 Å². The molecular weight excluding hydrogens is 536 g/mol. The van der Waals surface area contributed by atoms with Crippen LogP contribution in [0.1, 0.15) is 0 Å². The van der Waals surface area contributed by atoms with Crippen LogP contribution < -0.4 is 4.90 Å². The normalized spacial score (nSPS) is 11.8. The van der Waals surface area contributed by atoms with E-state index in [0.717, 1.165) is 81.7 Å². The molecule has 0 amide bonds. The Morgan fingerprint density at radius 1 is 0.500 bits per heavy atom. The fraction of sp³-hybridized carbons (Fsp3) is 0. The highest BCUT2D eigenvalue weighted by atomic mass is 32.1. The zero-order valence-electron chi connectivity index (χ0n) is 22.3. The number of hydrogen-bond acceptors (Lipinski definition) is 5. The minimum Gasteiger partial charge on any atom is -0.456 e. The molecule has 0 fully saturated rings. The molecule has 0 unspecified atom stereocenters. The van der Waals surface area contributed by atoms with Crippen molar-refractivity contribution in [3.8, 4) is 10.6 Å². The number of para-hydroxylation sites is 2. The Kier molecular flexibility index (Phi) is 5.03. The van der Waals surface area contributed by atoms with Crippen molar-refractivity contribution in [1.29, 1.82) is 0 Å². The zero-order valence-corrected chi connectivity index (χ0v) is 23.1. The summed E-state index contributed by atoms with van der Waals surface area (Å²) in [7, 11) is 0. The molecule has 0 saturated carbocycles. The second-order valence-corrected chi connectivity index (χ2v) is 11.4. The molecule has 9 aromatic rings. The molecule has 0 saturated heterocycles. The van der Waals surface area contributed by atoms with Crippen molar-refractivity contribution < 1.29 is 8.83 Å². The van der Waals surface area contributed by atoms with Gasteiger partial charge in [0, 0.05) is 44.9 Å². The lowest BCUT2D eigenvalue weighted by Crippen LogP contribution is -2.09. The summed E-state index contributed by atoms with van der Waals surface area (Å²) in [5.74, 6) is 0. The van der Waals surface area contributed by atoms with Crippen molar-refractivity contribution in [1.82, 2.24) is 4.98 Å². The van der Waals surface area contributed by atoms with Crippen LogP contribution in [0.2, 0.25) is 0 Å². The number of hydrogen-bond donors (Lipinski definition) is 0. The Labute approximate surface area is 244 Å². The van der Waals surface area contributed by atoms with Gasteiger partial charge in [-0.15, -0.1) is 11.3 Å². The monoisotopic (exact) mass is 558 g/mol. The van der Waals surface area contributed by atoms with Gasteiger partial charge in [-0.1, -0.05) is 66.7 Å². The van der Waals surface area contributed by atoms with Gasteiger partial charge in [-0.25, -0.2) is 4.98 Å². The van der Waals surface area contributed by atoms with Crippen molar-refractivity contribution in [2.24, 2.45) is 0 Å². The highest BCUT2D eigenvalue weighted by Gasteiger charge is 2.19. The third-order valence-electron chi connectivity index (χ3n) is 7.89. The number of rotatable bonds is 4. The van der Waals surface area contributed by atoms with Crippen molar-refractivity contribution in [3.05, 3.63) is 133 Å². The third-order valence-corrected chi connectivity index (χ3v) is 8.96. The number of nitrogens with zero attached hydrogens (tertiary/aromatic N) is 2. The Morgan fingerprint density at radius 3 is 2.05 bits per heavy atom. The maximum Gasteiger partial charge on any atom is 0.137 e. The van der Waals surface area contributed by atoms with E-state index in [1.807, 2.05) is 30.3 Å². The molecular formula is C37H22N2O2S. The molecule has 9 rings (SSSR count). The maximum absolute atomic E-state index is 6.34. The summed E-state index contributed by atoms with van der Waals surface area (Å²) in [6.07, 6.45) is 0. The molecule has 0 aliphatic rings. The molecule has 0 aliphatic heterocycles. The highest BCUT2D eigenvalue weighted by Crippen LogP contribution is 2.43. The van der Waals surface area contributed by atoms with Crippen LogP contribution in [0.15, 0.2) is 142 Å². The standard InChI is InChI=1S/C37H22N2O2S/c1-3-9-23(10-4-1)37-38-36-34(42-37)20-19-32-35(36)29-21-25(16-18-31(29)40-32)39(24-11-5-2-6-12-24)26-15-17-28-27-13-7-8-14-30(27)41-33(28)22-26/h1-22H. The summed E-state index contributed by atoms with van der Waals surface area (Å²) < 4.78 is 13.8. The SMILES string of the molecule is c1ccc(-c2nc3c(ccc4oc5ccc(N(c6ccccc6)c6ccc7c(c6)oc6ccccc67)cc5c43)s2)cc1. The largest absolute Gasteiger partial charge is 0.456 e. The number of fused-ring (bicyclic) bond motifs is 8. The number of thiazole rings is 1. The van der Waals surface area contributed by atoms with Crippen molar-refractivity contribution >= 4 is 82.5 Å². The average Bonchev–Trinajstić information content (AvgIpc) is 3.75. The first-order valence-electron chi connectivity index (χ1n) is 13.9. The topological polar surface area (TPSA) is 42.4 Å². The number of benzene rings is 6. The molecule has 0 atom stereocenters. The lowest BCUT2D eigenvalue weighted by Gasteiger charge is -2.25. The lowest BCUT2D eigenvalue weighted by atomic mass is 10.1. The van der Waals surface area contributed by atoms with E-state index in [0.29, 0.717) is 0 Å². The second kappa shape index (κ2) is 9.06. The smallest absolute Gasteiger partial charge is 0.137 e. The molecule has 0 spiro atoms. The Hall–Kier alpha value is -5.39. The Balaban J connectivity index is 1.26.